The first kappa shape index (κ1) is 16.1. The molecule has 0 radical (unpaired) electrons. The summed E-state index contributed by atoms with van der Waals surface area (Å²) in [7, 11) is 2.09. The monoisotopic (exact) mass is 354 g/mol. The summed E-state index contributed by atoms with van der Waals surface area (Å²) >= 11 is 0. The summed E-state index contributed by atoms with van der Waals surface area (Å²) in [5, 5.41) is 0. The molecule has 138 valence electrons. The Morgan fingerprint density at radius 2 is 1.88 bits per heavy atom. The number of para-hydroxylation sites is 2. The molecule has 5 rings (SSSR count). The van der Waals surface area contributed by atoms with Gasteiger partial charge in [0.05, 0.1) is 11.0 Å². The van der Waals surface area contributed by atoms with Crippen LogP contribution in [0.25, 0.3) is 11.0 Å². The van der Waals surface area contributed by atoms with Gasteiger partial charge in [-0.25, -0.2) is 4.98 Å². The lowest BCUT2D eigenvalue weighted by molar-refractivity contribution is -0.145. The van der Waals surface area contributed by atoms with Crippen molar-refractivity contribution < 1.29 is 9.53 Å². The molecular formula is C20H26N4O2. The molecule has 1 aromatic carbocycles. The van der Waals surface area contributed by atoms with E-state index in [0.29, 0.717) is 11.8 Å². The average molecular weight is 354 g/mol. The summed E-state index contributed by atoms with van der Waals surface area (Å²) in [6.45, 7) is 4.43. The van der Waals surface area contributed by atoms with E-state index in [1.54, 1.807) is 0 Å². The molecule has 1 amide bonds. The Balaban J connectivity index is 1.28. The summed E-state index contributed by atoms with van der Waals surface area (Å²) in [6.07, 6.45) is 2.88. The van der Waals surface area contributed by atoms with E-state index in [4.69, 9.17) is 9.72 Å². The zero-order chi connectivity index (χ0) is 17.7. The summed E-state index contributed by atoms with van der Waals surface area (Å²) in [5.41, 5.74) is 2.22. The minimum Gasteiger partial charge on any atom is -0.368 e. The molecular weight excluding hydrogens is 328 g/mol. The van der Waals surface area contributed by atoms with E-state index in [1.807, 2.05) is 6.07 Å². The van der Waals surface area contributed by atoms with E-state index < -0.39 is 0 Å². The third-order valence-corrected chi connectivity index (χ3v) is 6.30. The standard InChI is InChI=1S/C20H26N4O2/c1-22-17-7-3-2-6-16(17)21-20(22)24-12-14-10-23(11-15(14)13-24)19(25)18-8-4-5-9-26-18/h2-3,6-7,14-15,18H,4-5,8-13H2,1H3. The molecule has 0 N–H and O–H groups in total. The van der Waals surface area contributed by atoms with Gasteiger partial charge in [-0.05, 0) is 31.4 Å². The van der Waals surface area contributed by atoms with Gasteiger partial charge in [0.25, 0.3) is 5.91 Å². The van der Waals surface area contributed by atoms with E-state index in [0.717, 1.165) is 63.5 Å². The molecule has 26 heavy (non-hydrogen) atoms. The molecule has 6 heteroatoms. The van der Waals surface area contributed by atoms with Gasteiger partial charge in [0.15, 0.2) is 0 Å². The number of carbonyl (C=O) groups excluding carboxylic acids is 1. The van der Waals surface area contributed by atoms with Crippen molar-refractivity contribution in [1.29, 1.82) is 0 Å². The Morgan fingerprint density at radius 3 is 2.58 bits per heavy atom. The number of rotatable bonds is 2. The van der Waals surface area contributed by atoms with Gasteiger partial charge in [-0.3, -0.25) is 4.79 Å². The second-order valence-corrected chi connectivity index (χ2v) is 7.98. The number of amides is 1. The fourth-order valence-electron chi connectivity index (χ4n) is 4.89. The zero-order valence-corrected chi connectivity index (χ0v) is 15.3. The van der Waals surface area contributed by atoms with Crippen LogP contribution in [0.15, 0.2) is 24.3 Å². The third-order valence-electron chi connectivity index (χ3n) is 6.30. The fraction of sp³-hybridized carbons (Fsp3) is 0.600. The molecule has 3 unspecified atom stereocenters. The average Bonchev–Trinajstić information content (AvgIpc) is 3.33. The van der Waals surface area contributed by atoms with Crippen LogP contribution in [-0.2, 0) is 16.6 Å². The molecule has 3 aliphatic rings. The molecule has 0 saturated carbocycles. The lowest BCUT2D eigenvalue weighted by atomic mass is 10.0. The van der Waals surface area contributed by atoms with Crippen molar-refractivity contribution in [1.82, 2.24) is 14.5 Å². The number of carbonyl (C=O) groups is 1. The second-order valence-electron chi connectivity index (χ2n) is 7.98. The van der Waals surface area contributed by atoms with Crippen LogP contribution in [0.3, 0.4) is 0 Å². The first-order chi connectivity index (χ1) is 12.7. The Labute approximate surface area is 153 Å². The first-order valence-electron chi connectivity index (χ1n) is 9.77. The Morgan fingerprint density at radius 1 is 1.12 bits per heavy atom. The van der Waals surface area contributed by atoms with E-state index >= 15 is 0 Å². The van der Waals surface area contributed by atoms with Crippen LogP contribution in [0.2, 0.25) is 0 Å². The highest BCUT2D eigenvalue weighted by atomic mass is 16.5. The molecule has 0 spiro atoms. The summed E-state index contributed by atoms with van der Waals surface area (Å²) in [6, 6.07) is 8.28. The highest BCUT2D eigenvalue weighted by Crippen LogP contribution is 2.35. The normalized spacial score (nSPS) is 28.7. The van der Waals surface area contributed by atoms with Crippen molar-refractivity contribution >= 4 is 22.9 Å². The molecule has 4 heterocycles. The molecule has 3 aliphatic heterocycles. The predicted octanol–water partition coefficient (Wildman–Crippen LogP) is 2.04. The Bertz CT molecular complexity index is 812. The molecule has 3 saturated heterocycles. The van der Waals surface area contributed by atoms with E-state index in [2.05, 4.69) is 39.6 Å². The van der Waals surface area contributed by atoms with E-state index in [-0.39, 0.29) is 12.0 Å². The first-order valence-corrected chi connectivity index (χ1v) is 9.77. The third kappa shape index (κ3) is 2.58. The van der Waals surface area contributed by atoms with Gasteiger partial charge >= 0.3 is 0 Å². The number of fused-ring (bicyclic) bond motifs is 2. The van der Waals surface area contributed by atoms with Crippen molar-refractivity contribution in [2.75, 3.05) is 37.7 Å². The lowest BCUT2D eigenvalue weighted by Crippen LogP contribution is -2.42. The number of imidazole rings is 1. The van der Waals surface area contributed by atoms with Gasteiger partial charge in [-0.2, -0.15) is 0 Å². The zero-order valence-electron chi connectivity index (χ0n) is 15.3. The molecule has 0 aliphatic carbocycles. The molecule has 1 aromatic heterocycles. The number of benzene rings is 1. The van der Waals surface area contributed by atoms with Crippen molar-refractivity contribution in [2.45, 2.75) is 25.4 Å². The van der Waals surface area contributed by atoms with Crippen LogP contribution in [0, 0.1) is 11.8 Å². The SMILES string of the molecule is Cn1c(N2CC3CN(C(=O)C4CCCCO4)CC3C2)nc2ccccc21. The number of anilines is 1. The Hall–Kier alpha value is -2.08. The van der Waals surface area contributed by atoms with E-state index in [1.165, 1.54) is 5.52 Å². The number of aryl methyl sites for hydroxylation is 1. The predicted molar refractivity (Wildman–Crippen MR) is 100 cm³/mol. The van der Waals surface area contributed by atoms with Crippen molar-refractivity contribution in [3.05, 3.63) is 24.3 Å². The Kier molecular flexibility index (Phi) is 3.89. The highest BCUT2D eigenvalue weighted by Gasteiger charge is 2.44. The van der Waals surface area contributed by atoms with Gasteiger partial charge in [0.1, 0.15) is 6.10 Å². The second kappa shape index (κ2) is 6.27. The smallest absolute Gasteiger partial charge is 0.251 e. The molecule has 3 fully saturated rings. The summed E-state index contributed by atoms with van der Waals surface area (Å²) < 4.78 is 7.89. The molecule has 3 atom stereocenters. The van der Waals surface area contributed by atoms with Crippen LogP contribution < -0.4 is 4.90 Å². The minimum atomic E-state index is -0.196. The topological polar surface area (TPSA) is 50.6 Å². The van der Waals surface area contributed by atoms with Gasteiger partial charge < -0.3 is 19.1 Å². The van der Waals surface area contributed by atoms with Crippen LogP contribution >= 0.6 is 0 Å². The number of ether oxygens (including phenoxy) is 1. The minimum absolute atomic E-state index is 0.196. The van der Waals surface area contributed by atoms with Gasteiger partial charge in [-0.1, -0.05) is 12.1 Å². The van der Waals surface area contributed by atoms with Crippen LogP contribution in [-0.4, -0.2) is 59.2 Å². The molecule has 2 aromatic rings. The van der Waals surface area contributed by atoms with Gasteiger partial charge in [0, 0.05) is 51.7 Å². The van der Waals surface area contributed by atoms with Crippen molar-refractivity contribution in [3.63, 3.8) is 0 Å². The van der Waals surface area contributed by atoms with Crippen molar-refractivity contribution in [3.8, 4) is 0 Å². The van der Waals surface area contributed by atoms with Gasteiger partial charge in [-0.15, -0.1) is 0 Å². The number of hydrogen-bond donors (Lipinski definition) is 0. The van der Waals surface area contributed by atoms with Crippen molar-refractivity contribution in [2.24, 2.45) is 18.9 Å². The van der Waals surface area contributed by atoms with Gasteiger partial charge in [0.2, 0.25) is 5.95 Å². The molecule has 6 nitrogen and oxygen atoms in total. The van der Waals surface area contributed by atoms with E-state index in [9.17, 15) is 4.79 Å². The molecule has 0 bridgehead atoms. The maximum Gasteiger partial charge on any atom is 0.251 e. The number of nitrogens with zero attached hydrogens (tertiary/aromatic N) is 4. The number of likely N-dealkylation sites (tertiary alicyclic amines) is 1. The maximum absolute atomic E-state index is 12.7. The maximum atomic E-state index is 12.7. The van der Waals surface area contributed by atoms with Crippen LogP contribution in [0.4, 0.5) is 5.95 Å². The van der Waals surface area contributed by atoms with Crippen LogP contribution in [0.1, 0.15) is 19.3 Å². The largest absolute Gasteiger partial charge is 0.368 e. The lowest BCUT2D eigenvalue weighted by Gasteiger charge is -2.28. The summed E-state index contributed by atoms with van der Waals surface area (Å²) in [5.74, 6) is 2.35. The summed E-state index contributed by atoms with van der Waals surface area (Å²) in [4.78, 5) is 22.0. The highest BCUT2D eigenvalue weighted by molar-refractivity contribution is 5.81. The number of hydrogen-bond acceptors (Lipinski definition) is 4. The fourth-order valence-corrected chi connectivity index (χ4v) is 4.89. The number of aromatic nitrogens is 2. The van der Waals surface area contributed by atoms with Crippen LogP contribution in [0.5, 0.6) is 0 Å². The quantitative estimate of drug-likeness (QED) is 0.828.